The second-order valence-corrected chi connectivity index (χ2v) is 7.80. The molecule has 0 aromatic heterocycles. The molecule has 0 spiro atoms. The van der Waals surface area contributed by atoms with Crippen molar-refractivity contribution in [1.29, 1.82) is 0 Å². The molecule has 2 aromatic rings. The maximum absolute atomic E-state index is 12.2. The van der Waals surface area contributed by atoms with Crippen LogP contribution in [0.2, 0.25) is 0 Å². The molecule has 1 atom stereocenters. The number of aliphatic hydroxyl groups is 2. The van der Waals surface area contributed by atoms with Crippen LogP contribution in [0.15, 0.2) is 94.3 Å². The summed E-state index contributed by atoms with van der Waals surface area (Å²) in [5.41, 5.74) is 2.26. The quantitative estimate of drug-likeness (QED) is 0.232. The van der Waals surface area contributed by atoms with Crippen molar-refractivity contribution in [3.05, 3.63) is 95.5 Å². The van der Waals surface area contributed by atoms with Crippen LogP contribution in [0.3, 0.4) is 0 Å². The average molecular weight is 505 g/mol. The fourth-order valence-corrected chi connectivity index (χ4v) is 3.11. The predicted molar refractivity (Wildman–Crippen MR) is 133 cm³/mol. The van der Waals surface area contributed by atoms with Gasteiger partial charge in [0.2, 0.25) is 0 Å². The van der Waals surface area contributed by atoms with E-state index in [1.165, 1.54) is 12.2 Å². The van der Waals surface area contributed by atoms with Crippen molar-refractivity contribution in [2.24, 2.45) is 9.98 Å². The van der Waals surface area contributed by atoms with Gasteiger partial charge in [-0.25, -0.2) is 0 Å². The third-order valence-corrected chi connectivity index (χ3v) is 4.65. The molecule has 0 aliphatic rings. The first-order valence-corrected chi connectivity index (χ1v) is 10.8. The summed E-state index contributed by atoms with van der Waals surface area (Å²) in [6, 6.07) is 17.4. The molecule has 0 aliphatic heterocycles. The Bertz CT molecular complexity index is 1070. The SMILES string of the molecule is CC(/C=C(\O)CC(=O)c1ccccc1)=NC[C@H](C)N=C(C)/C=C(\O)CC(=O)c1ccccc1.[Co]. The normalized spacial score (nSPS) is 13.7. The van der Waals surface area contributed by atoms with Gasteiger partial charge in [-0.2, -0.15) is 0 Å². The van der Waals surface area contributed by atoms with Crippen molar-refractivity contribution >= 4 is 23.0 Å². The molecule has 7 heteroatoms. The molecule has 34 heavy (non-hydrogen) atoms. The van der Waals surface area contributed by atoms with E-state index in [1.54, 1.807) is 62.4 Å². The summed E-state index contributed by atoms with van der Waals surface area (Å²) in [5.74, 6) is -0.424. The predicted octanol–water partition coefficient (Wildman–Crippen LogP) is 5.72. The first-order valence-electron chi connectivity index (χ1n) is 10.8. The Balaban J connectivity index is 0.00000578. The molecule has 0 saturated heterocycles. The number of allylic oxidation sites excluding steroid dienone is 4. The molecule has 2 aromatic carbocycles. The Morgan fingerprint density at radius 3 is 1.65 bits per heavy atom. The second-order valence-electron chi connectivity index (χ2n) is 7.80. The number of Topliss-reactive ketones (excluding diaryl/α,β-unsaturated/α-hetero) is 2. The van der Waals surface area contributed by atoms with Crippen LogP contribution in [0.5, 0.6) is 0 Å². The van der Waals surface area contributed by atoms with Crippen LogP contribution in [-0.2, 0) is 16.8 Å². The van der Waals surface area contributed by atoms with E-state index in [4.69, 9.17) is 0 Å². The topological polar surface area (TPSA) is 99.3 Å². The molecule has 0 bridgehead atoms. The molecule has 0 heterocycles. The Morgan fingerprint density at radius 2 is 1.21 bits per heavy atom. The fourth-order valence-electron chi connectivity index (χ4n) is 3.11. The maximum Gasteiger partial charge on any atom is 0.170 e. The minimum Gasteiger partial charge on any atom is -0.512 e. The average Bonchev–Trinajstić information content (AvgIpc) is 2.78. The van der Waals surface area contributed by atoms with Gasteiger partial charge < -0.3 is 10.2 Å². The molecule has 181 valence electrons. The Labute approximate surface area is 211 Å². The van der Waals surface area contributed by atoms with E-state index in [9.17, 15) is 19.8 Å². The van der Waals surface area contributed by atoms with Crippen LogP contribution in [0.25, 0.3) is 0 Å². The third kappa shape index (κ3) is 10.5. The van der Waals surface area contributed by atoms with Crippen molar-refractivity contribution in [2.45, 2.75) is 39.7 Å². The first-order chi connectivity index (χ1) is 15.7. The molecule has 0 saturated carbocycles. The van der Waals surface area contributed by atoms with Crippen molar-refractivity contribution < 1.29 is 36.6 Å². The number of carbonyl (C=O) groups is 2. The third-order valence-electron chi connectivity index (χ3n) is 4.65. The van der Waals surface area contributed by atoms with E-state index < -0.39 is 0 Å². The summed E-state index contributed by atoms with van der Waals surface area (Å²) in [7, 11) is 0. The van der Waals surface area contributed by atoms with E-state index in [0.29, 0.717) is 29.1 Å². The number of aliphatic hydroxyl groups excluding tert-OH is 2. The van der Waals surface area contributed by atoms with Crippen LogP contribution in [-0.4, -0.2) is 45.8 Å². The summed E-state index contributed by atoms with van der Waals surface area (Å²) in [5, 5.41) is 20.2. The van der Waals surface area contributed by atoms with Crippen molar-refractivity contribution in [2.75, 3.05) is 6.54 Å². The molecule has 2 N–H and O–H groups in total. The number of nitrogens with zero attached hydrogens (tertiary/aromatic N) is 2. The van der Waals surface area contributed by atoms with Gasteiger partial charge in [0, 0.05) is 39.3 Å². The number of benzene rings is 2. The summed E-state index contributed by atoms with van der Waals surface area (Å²) >= 11 is 0. The monoisotopic (exact) mass is 505 g/mol. The van der Waals surface area contributed by atoms with Crippen LogP contribution in [0.1, 0.15) is 54.3 Å². The Hall–Kier alpha value is -3.29. The zero-order chi connectivity index (χ0) is 24.2. The summed E-state index contributed by atoms with van der Waals surface area (Å²) in [4.78, 5) is 33.2. The summed E-state index contributed by atoms with van der Waals surface area (Å²) < 4.78 is 0. The largest absolute Gasteiger partial charge is 0.512 e. The van der Waals surface area contributed by atoms with Gasteiger partial charge in [-0.1, -0.05) is 60.7 Å². The maximum atomic E-state index is 12.2. The molecule has 1 radical (unpaired) electrons. The van der Waals surface area contributed by atoms with E-state index in [-0.39, 0.29) is 58.7 Å². The van der Waals surface area contributed by atoms with Gasteiger partial charge >= 0.3 is 0 Å². The molecule has 0 amide bonds. The van der Waals surface area contributed by atoms with Crippen LogP contribution < -0.4 is 0 Å². The number of ketones is 2. The van der Waals surface area contributed by atoms with Crippen LogP contribution in [0.4, 0.5) is 0 Å². The number of carbonyl (C=O) groups excluding carboxylic acids is 2. The Kier molecular flexibility index (Phi) is 12.5. The minimum atomic E-state index is -0.171. The summed E-state index contributed by atoms with van der Waals surface area (Å²) in [6.07, 6.45) is 2.78. The smallest absolute Gasteiger partial charge is 0.170 e. The molecular weight excluding hydrogens is 475 g/mol. The zero-order valence-corrected chi connectivity index (χ0v) is 20.6. The number of hydrogen-bond donors (Lipinski definition) is 2. The second kappa shape index (κ2) is 14.8. The first kappa shape index (κ1) is 28.7. The van der Waals surface area contributed by atoms with Crippen molar-refractivity contribution in [3.8, 4) is 0 Å². The summed E-state index contributed by atoms with van der Waals surface area (Å²) in [6.45, 7) is 5.74. The Morgan fingerprint density at radius 1 is 0.794 bits per heavy atom. The van der Waals surface area contributed by atoms with Crippen LogP contribution >= 0.6 is 0 Å². The molecule has 2 rings (SSSR count). The number of hydrogen-bond acceptors (Lipinski definition) is 6. The zero-order valence-electron chi connectivity index (χ0n) is 19.6. The fraction of sp³-hybridized carbons (Fsp3) is 0.259. The van der Waals surface area contributed by atoms with E-state index in [0.717, 1.165) is 0 Å². The van der Waals surface area contributed by atoms with Gasteiger partial charge in [0.1, 0.15) is 11.5 Å². The van der Waals surface area contributed by atoms with E-state index in [2.05, 4.69) is 9.98 Å². The van der Waals surface area contributed by atoms with Gasteiger partial charge in [0.05, 0.1) is 25.4 Å². The van der Waals surface area contributed by atoms with E-state index in [1.807, 2.05) is 19.1 Å². The van der Waals surface area contributed by atoms with Crippen molar-refractivity contribution in [1.82, 2.24) is 0 Å². The molecule has 0 unspecified atom stereocenters. The van der Waals surface area contributed by atoms with Gasteiger partial charge in [-0.15, -0.1) is 0 Å². The molecular formula is C27H30CoN2O4. The molecule has 0 aliphatic carbocycles. The van der Waals surface area contributed by atoms with Gasteiger partial charge in [-0.05, 0) is 32.9 Å². The van der Waals surface area contributed by atoms with Gasteiger partial charge in [0.15, 0.2) is 11.6 Å². The number of rotatable bonds is 11. The standard InChI is InChI=1S/C27H30N2O4.Co/c1-19(14-24(30)16-26(32)22-10-6-4-7-11-22)28-18-21(3)29-20(2)15-25(31)17-27(33)23-12-8-5-9-13-23;/h4-15,21,30-31H,16-18H2,1-3H3;/b24-14-,25-15-,28-19?,29-20?;/t21-;/m0./s1. The van der Waals surface area contributed by atoms with Gasteiger partial charge in [0.25, 0.3) is 0 Å². The van der Waals surface area contributed by atoms with E-state index >= 15 is 0 Å². The number of aliphatic imine (C=N–C) groups is 2. The molecule has 0 fully saturated rings. The van der Waals surface area contributed by atoms with Gasteiger partial charge in [-0.3, -0.25) is 19.6 Å². The molecule has 6 nitrogen and oxygen atoms in total. The van der Waals surface area contributed by atoms with Crippen molar-refractivity contribution in [3.63, 3.8) is 0 Å². The van der Waals surface area contributed by atoms with Crippen LogP contribution in [0, 0.1) is 0 Å². The minimum absolute atomic E-state index is 0.